The van der Waals surface area contributed by atoms with Crippen LogP contribution in [0, 0.1) is 0 Å². The van der Waals surface area contributed by atoms with Gasteiger partial charge in [0.1, 0.15) is 0 Å². The van der Waals surface area contributed by atoms with Crippen molar-refractivity contribution in [1.82, 2.24) is 5.32 Å². The highest BCUT2D eigenvalue weighted by molar-refractivity contribution is 9.10. The highest BCUT2D eigenvalue weighted by Gasteiger charge is 2.28. The lowest BCUT2D eigenvalue weighted by Crippen LogP contribution is -2.44. The topological polar surface area (TPSA) is 42.2 Å². The number of benzene rings is 1. The molecule has 100 valence electrons. The zero-order chi connectivity index (χ0) is 13.9. The summed E-state index contributed by atoms with van der Waals surface area (Å²) in [7, 11) is 0. The van der Waals surface area contributed by atoms with Crippen LogP contribution in [0.2, 0.25) is 0 Å². The number of furan rings is 1. The van der Waals surface area contributed by atoms with Gasteiger partial charge in [-0.25, -0.2) is 0 Å². The number of rotatable bonds is 4. The number of hydrogen-bond donors (Lipinski definition) is 1. The van der Waals surface area contributed by atoms with Gasteiger partial charge < -0.3 is 9.73 Å². The Morgan fingerprint density at radius 3 is 2.53 bits per heavy atom. The van der Waals surface area contributed by atoms with Gasteiger partial charge in [0.25, 0.3) is 5.91 Å². The number of halogens is 2. The van der Waals surface area contributed by atoms with E-state index in [0.29, 0.717) is 15.6 Å². The number of carbonyl (C=O) groups excluding carboxylic acids is 1. The Kier molecular flexibility index (Phi) is 4.47. The minimum Gasteiger partial charge on any atom is -0.457 e. The van der Waals surface area contributed by atoms with Gasteiger partial charge in [-0.2, -0.15) is 0 Å². The van der Waals surface area contributed by atoms with Gasteiger partial charge in [0.15, 0.2) is 4.67 Å². The molecule has 1 unspecified atom stereocenters. The van der Waals surface area contributed by atoms with Crippen LogP contribution in [-0.2, 0) is 5.54 Å². The van der Waals surface area contributed by atoms with E-state index in [1.807, 2.05) is 37.3 Å². The van der Waals surface area contributed by atoms with Crippen molar-refractivity contribution in [2.75, 3.05) is 5.33 Å². The molecule has 1 atom stereocenters. The summed E-state index contributed by atoms with van der Waals surface area (Å²) in [4.78, 5) is 12.3. The van der Waals surface area contributed by atoms with Crippen LogP contribution in [0.25, 0.3) is 0 Å². The molecule has 0 fully saturated rings. The summed E-state index contributed by atoms with van der Waals surface area (Å²) in [6.07, 6.45) is 1.48. The van der Waals surface area contributed by atoms with Gasteiger partial charge in [0.05, 0.1) is 17.4 Å². The molecule has 0 radical (unpaired) electrons. The zero-order valence-corrected chi connectivity index (χ0v) is 13.5. The van der Waals surface area contributed by atoms with E-state index in [9.17, 15) is 4.79 Å². The Hall–Kier alpha value is -1.07. The number of alkyl halides is 1. The van der Waals surface area contributed by atoms with E-state index in [-0.39, 0.29) is 5.91 Å². The minimum absolute atomic E-state index is 0.175. The maximum absolute atomic E-state index is 12.3. The molecule has 2 aromatic rings. The third kappa shape index (κ3) is 3.09. The normalized spacial score (nSPS) is 13.8. The lowest BCUT2D eigenvalue weighted by atomic mass is 9.94. The summed E-state index contributed by atoms with van der Waals surface area (Å²) in [6.45, 7) is 1.98. The molecule has 0 saturated carbocycles. The molecule has 1 heterocycles. The number of nitrogens with one attached hydrogen (secondary N) is 1. The zero-order valence-electron chi connectivity index (χ0n) is 10.3. The average molecular weight is 387 g/mol. The second-order valence-corrected chi connectivity index (χ2v) is 5.67. The first-order valence-corrected chi connectivity index (χ1v) is 7.65. The number of carbonyl (C=O) groups is 1. The van der Waals surface area contributed by atoms with Crippen LogP contribution in [0.4, 0.5) is 0 Å². The van der Waals surface area contributed by atoms with Crippen molar-refractivity contribution in [3.8, 4) is 0 Å². The van der Waals surface area contributed by atoms with Crippen molar-refractivity contribution < 1.29 is 9.21 Å². The molecule has 3 nitrogen and oxygen atoms in total. The van der Waals surface area contributed by atoms with Crippen LogP contribution < -0.4 is 5.32 Å². The minimum atomic E-state index is -0.477. The third-order valence-corrected chi connectivity index (χ3v) is 4.67. The summed E-state index contributed by atoms with van der Waals surface area (Å²) in [6, 6.07) is 11.5. The first-order valence-electron chi connectivity index (χ1n) is 5.74. The summed E-state index contributed by atoms with van der Waals surface area (Å²) < 4.78 is 5.52. The van der Waals surface area contributed by atoms with Crippen LogP contribution in [-0.4, -0.2) is 11.2 Å². The van der Waals surface area contributed by atoms with Crippen LogP contribution >= 0.6 is 31.9 Å². The maximum atomic E-state index is 12.3. The lowest BCUT2D eigenvalue weighted by molar-refractivity contribution is 0.0912. The first-order chi connectivity index (χ1) is 9.07. The monoisotopic (exact) mass is 385 g/mol. The van der Waals surface area contributed by atoms with E-state index in [2.05, 4.69) is 37.2 Å². The van der Waals surface area contributed by atoms with E-state index in [0.717, 1.165) is 5.56 Å². The third-order valence-electron chi connectivity index (χ3n) is 2.93. The highest BCUT2D eigenvalue weighted by atomic mass is 79.9. The molecule has 2 rings (SSSR count). The molecule has 0 aliphatic rings. The number of amides is 1. The molecule has 1 N–H and O–H groups in total. The molecule has 0 aliphatic carbocycles. The Balaban J connectivity index is 2.25. The molecule has 5 heteroatoms. The van der Waals surface area contributed by atoms with Crippen molar-refractivity contribution >= 4 is 37.8 Å². The number of hydrogen-bond acceptors (Lipinski definition) is 2. The summed E-state index contributed by atoms with van der Waals surface area (Å²) >= 11 is 6.68. The smallest absolute Gasteiger partial charge is 0.256 e. The predicted octanol–water partition coefficient (Wildman–Crippen LogP) is 4.08. The van der Waals surface area contributed by atoms with Crippen LogP contribution in [0.5, 0.6) is 0 Å². The lowest BCUT2D eigenvalue weighted by Gasteiger charge is -2.29. The Bertz CT molecular complexity index is 568. The second-order valence-electron chi connectivity index (χ2n) is 4.39. The Morgan fingerprint density at radius 2 is 2.00 bits per heavy atom. The molecule has 0 saturated heterocycles. The summed E-state index contributed by atoms with van der Waals surface area (Å²) in [5, 5.41) is 3.64. The fourth-order valence-corrected chi connectivity index (χ4v) is 2.65. The van der Waals surface area contributed by atoms with Crippen LogP contribution in [0.3, 0.4) is 0 Å². The molecule has 0 spiro atoms. The first kappa shape index (κ1) is 14.3. The van der Waals surface area contributed by atoms with E-state index in [4.69, 9.17) is 4.42 Å². The maximum Gasteiger partial charge on any atom is 0.256 e. The van der Waals surface area contributed by atoms with E-state index >= 15 is 0 Å². The predicted molar refractivity (Wildman–Crippen MR) is 81.5 cm³/mol. The van der Waals surface area contributed by atoms with Crippen LogP contribution in [0.15, 0.2) is 51.7 Å². The van der Waals surface area contributed by atoms with Crippen molar-refractivity contribution in [1.29, 1.82) is 0 Å². The second kappa shape index (κ2) is 5.92. The Labute approximate surface area is 128 Å². The molecule has 1 aromatic heterocycles. The van der Waals surface area contributed by atoms with Crippen molar-refractivity contribution in [3.63, 3.8) is 0 Å². The average Bonchev–Trinajstić information content (AvgIpc) is 2.86. The molecule has 0 bridgehead atoms. The largest absolute Gasteiger partial charge is 0.457 e. The van der Waals surface area contributed by atoms with E-state index in [1.54, 1.807) is 6.07 Å². The molecule has 1 amide bonds. The summed E-state index contributed by atoms with van der Waals surface area (Å²) in [5.74, 6) is -0.175. The molecule has 0 aliphatic heterocycles. The van der Waals surface area contributed by atoms with Crippen molar-refractivity contribution in [3.05, 3.63) is 58.5 Å². The van der Waals surface area contributed by atoms with Gasteiger partial charge >= 0.3 is 0 Å². The SMILES string of the molecule is CC(CBr)(NC(=O)c1ccoc1Br)c1ccccc1. The van der Waals surface area contributed by atoms with Gasteiger partial charge in [0.2, 0.25) is 0 Å². The van der Waals surface area contributed by atoms with Gasteiger partial charge in [-0.15, -0.1) is 0 Å². The quantitative estimate of drug-likeness (QED) is 0.804. The highest BCUT2D eigenvalue weighted by Crippen LogP contribution is 2.25. The van der Waals surface area contributed by atoms with E-state index < -0.39 is 5.54 Å². The van der Waals surface area contributed by atoms with Crippen molar-refractivity contribution in [2.45, 2.75) is 12.5 Å². The van der Waals surface area contributed by atoms with Crippen molar-refractivity contribution in [2.24, 2.45) is 0 Å². The van der Waals surface area contributed by atoms with Gasteiger partial charge in [-0.1, -0.05) is 46.3 Å². The molecule has 1 aromatic carbocycles. The summed E-state index contributed by atoms with van der Waals surface area (Å²) in [5.41, 5.74) is 1.05. The van der Waals surface area contributed by atoms with E-state index in [1.165, 1.54) is 6.26 Å². The van der Waals surface area contributed by atoms with Gasteiger partial charge in [0, 0.05) is 5.33 Å². The van der Waals surface area contributed by atoms with Gasteiger partial charge in [-0.3, -0.25) is 4.79 Å². The van der Waals surface area contributed by atoms with Gasteiger partial charge in [-0.05, 0) is 34.5 Å². The standard InChI is InChI=1S/C14H13Br2NO2/c1-14(9-15,10-5-3-2-4-6-10)17-13(18)11-7-8-19-12(11)16/h2-8H,9H2,1H3,(H,17,18). The van der Waals surface area contributed by atoms with Crippen LogP contribution in [0.1, 0.15) is 22.8 Å². The Morgan fingerprint density at radius 1 is 1.32 bits per heavy atom. The fraction of sp³-hybridized carbons (Fsp3) is 0.214. The molecular formula is C14H13Br2NO2. The molecule has 19 heavy (non-hydrogen) atoms. The molecular weight excluding hydrogens is 374 g/mol. The fourth-order valence-electron chi connectivity index (χ4n) is 1.76.